The van der Waals surface area contributed by atoms with Gasteiger partial charge in [-0.1, -0.05) is 25.1 Å². The van der Waals surface area contributed by atoms with Crippen LogP contribution in [0.2, 0.25) is 0 Å². The molecule has 162 valence electrons. The van der Waals surface area contributed by atoms with Gasteiger partial charge in [0.15, 0.2) is 5.60 Å². The second kappa shape index (κ2) is 8.55. The van der Waals surface area contributed by atoms with Gasteiger partial charge in [0.2, 0.25) is 0 Å². The van der Waals surface area contributed by atoms with E-state index in [2.05, 4.69) is 10.6 Å². The highest BCUT2D eigenvalue weighted by molar-refractivity contribution is 6.08. The summed E-state index contributed by atoms with van der Waals surface area (Å²) in [6.07, 6.45) is 2.23. The Balaban J connectivity index is 0.000000275. The SMILES string of the molecule is CCNCCC(=O)O.CN1C[C@H](C(=O)O)C=C2c3cccc4c3C(O)(C[C@H]21)C(=O)N4. The Morgan fingerprint density at radius 1 is 1.33 bits per heavy atom. The zero-order chi connectivity index (χ0) is 22.1. The summed E-state index contributed by atoms with van der Waals surface area (Å²) in [6, 6.07) is 5.26. The summed E-state index contributed by atoms with van der Waals surface area (Å²) in [4.78, 5) is 35.3. The summed E-state index contributed by atoms with van der Waals surface area (Å²) >= 11 is 0. The number of anilines is 1. The van der Waals surface area contributed by atoms with Crippen LogP contribution in [0.3, 0.4) is 0 Å². The molecule has 0 bridgehead atoms. The molecule has 0 aromatic heterocycles. The topological polar surface area (TPSA) is 139 Å². The van der Waals surface area contributed by atoms with Crippen molar-refractivity contribution < 1.29 is 29.7 Å². The summed E-state index contributed by atoms with van der Waals surface area (Å²) in [7, 11) is 1.83. The number of carbonyl (C=O) groups is 3. The van der Waals surface area contributed by atoms with E-state index in [0.717, 1.165) is 17.7 Å². The maximum atomic E-state index is 12.2. The van der Waals surface area contributed by atoms with Gasteiger partial charge in [-0.2, -0.15) is 0 Å². The maximum Gasteiger partial charge on any atom is 0.311 e. The Morgan fingerprint density at radius 2 is 2.07 bits per heavy atom. The van der Waals surface area contributed by atoms with Crippen LogP contribution < -0.4 is 10.6 Å². The van der Waals surface area contributed by atoms with Crippen LogP contribution in [0.4, 0.5) is 5.69 Å². The summed E-state index contributed by atoms with van der Waals surface area (Å²) in [5.41, 5.74) is 1.33. The van der Waals surface area contributed by atoms with Gasteiger partial charge in [0.25, 0.3) is 5.91 Å². The number of likely N-dealkylation sites (N-methyl/N-ethyl adjacent to an activating group) is 1. The molecule has 1 aliphatic carbocycles. The molecule has 0 radical (unpaired) electrons. The summed E-state index contributed by atoms with van der Waals surface area (Å²) in [5.74, 6) is -2.59. The molecule has 3 atom stereocenters. The lowest BCUT2D eigenvalue weighted by Gasteiger charge is -2.43. The molecule has 0 spiro atoms. The summed E-state index contributed by atoms with van der Waals surface area (Å²) in [6.45, 7) is 3.73. The lowest BCUT2D eigenvalue weighted by molar-refractivity contribution is -0.142. The predicted octanol–water partition coefficient (Wildman–Crippen LogP) is 0.699. The number of fused-ring (bicyclic) bond motifs is 2. The molecule has 1 aromatic carbocycles. The normalized spacial score (nSPS) is 26.5. The molecule has 0 saturated heterocycles. The fourth-order valence-corrected chi connectivity index (χ4v) is 4.27. The van der Waals surface area contributed by atoms with Gasteiger partial charge < -0.3 is 26.0 Å². The fraction of sp³-hybridized carbons (Fsp3) is 0.476. The van der Waals surface area contributed by atoms with E-state index in [1.807, 2.05) is 31.0 Å². The lowest BCUT2D eigenvalue weighted by Crippen LogP contribution is -2.50. The molecule has 0 saturated carbocycles. The average Bonchev–Trinajstić information content (AvgIpc) is 2.94. The van der Waals surface area contributed by atoms with Gasteiger partial charge >= 0.3 is 11.9 Å². The number of nitrogens with zero attached hydrogens (tertiary/aromatic N) is 1. The van der Waals surface area contributed by atoms with Crippen molar-refractivity contribution in [2.75, 3.05) is 32.0 Å². The van der Waals surface area contributed by atoms with E-state index >= 15 is 0 Å². The Labute approximate surface area is 174 Å². The molecule has 9 nitrogen and oxygen atoms in total. The first-order valence-corrected chi connectivity index (χ1v) is 9.94. The molecule has 4 rings (SSSR count). The number of carboxylic acids is 2. The van der Waals surface area contributed by atoms with E-state index in [-0.39, 0.29) is 18.9 Å². The molecule has 5 N–H and O–H groups in total. The van der Waals surface area contributed by atoms with E-state index in [4.69, 9.17) is 5.11 Å². The summed E-state index contributed by atoms with van der Waals surface area (Å²) < 4.78 is 0. The predicted molar refractivity (Wildman–Crippen MR) is 110 cm³/mol. The van der Waals surface area contributed by atoms with E-state index in [1.165, 1.54) is 0 Å². The van der Waals surface area contributed by atoms with Crippen LogP contribution in [-0.4, -0.2) is 70.8 Å². The van der Waals surface area contributed by atoms with Crippen LogP contribution in [0.15, 0.2) is 24.3 Å². The Hall–Kier alpha value is -2.75. The van der Waals surface area contributed by atoms with E-state index in [9.17, 15) is 24.6 Å². The second-order valence-corrected chi connectivity index (χ2v) is 7.77. The van der Waals surface area contributed by atoms with E-state index < -0.39 is 29.4 Å². The standard InChI is InChI=1S/C16H16N2O4.C5H11NO2/c1-18-7-8(14(19)20)5-10-9-3-2-4-11-13(9)16(22,6-12(10)18)15(21)17-11;1-2-6-4-3-5(7)8/h2-5,8,12,22H,6-7H2,1H3,(H,17,21)(H,19,20);6H,2-4H2,1H3,(H,7,8)/t8-,12-,16?;/m1./s1. The number of carboxylic acid groups (broad SMARTS) is 2. The number of rotatable bonds is 5. The third kappa shape index (κ3) is 3.96. The van der Waals surface area contributed by atoms with Crippen molar-refractivity contribution in [3.05, 3.63) is 35.4 Å². The molecular weight excluding hydrogens is 390 g/mol. The summed E-state index contributed by atoms with van der Waals surface area (Å²) in [5, 5.41) is 33.9. The maximum absolute atomic E-state index is 12.2. The van der Waals surface area contributed by atoms with Crippen molar-refractivity contribution in [2.24, 2.45) is 5.92 Å². The van der Waals surface area contributed by atoms with Crippen molar-refractivity contribution in [1.82, 2.24) is 10.2 Å². The number of benzene rings is 1. The molecule has 1 unspecified atom stereocenters. The van der Waals surface area contributed by atoms with Crippen molar-refractivity contribution in [3.63, 3.8) is 0 Å². The molecule has 1 aromatic rings. The van der Waals surface area contributed by atoms with Gasteiger partial charge in [-0.15, -0.1) is 0 Å². The van der Waals surface area contributed by atoms with Crippen LogP contribution >= 0.6 is 0 Å². The average molecular weight is 417 g/mol. The highest BCUT2D eigenvalue weighted by Crippen LogP contribution is 2.51. The quantitative estimate of drug-likeness (QED) is 0.441. The Kier molecular flexibility index (Phi) is 6.25. The number of aliphatic carboxylic acids is 2. The van der Waals surface area contributed by atoms with Crippen LogP contribution in [0, 0.1) is 5.92 Å². The smallest absolute Gasteiger partial charge is 0.311 e. The van der Waals surface area contributed by atoms with Crippen LogP contribution in [-0.2, 0) is 20.0 Å². The number of aliphatic hydroxyl groups is 1. The largest absolute Gasteiger partial charge is 0.481 e. The first kappa shape index (κ1) is 21.9. The van der Waals surface area contributed by atoms with Gasteiger partial charge in [-0.25, -0.2) is 0 Å². The molecule has 0 fully saturated rings. The minimum atomic E-state index is -1.53. The molecule has 3 aliphatic rings. The molecule has 2 heterocycles. The minimum Gasteiger partial charge on any atom is -0.481 e. The van der Waals surface area contributed by atoms with Crippen molar-refractivity contribution >= 4 is 29.1 Å². The second-order valence-electron chi connectivity index (χ2n) is 7.77. The first-order chi connectivity index (χ1) is 14.2. The Morgan fingerprint density at radius 3 is 2.70 bits per heavy atom. The van der Waals surface area contributed by atoms with Gasteiger partial charge in [-0.05, 0) is 30.8 Å². The number of nitrogens with one attached hydrogen (secondary N) is 2. The zero-order valence-electron chi connectivity index (χ0n) is 17.0. The lowest BCUT2D eigenvalue weighted by atomic mass is 9.72. The van der Waals surface area contributed by atoms with Gasteiger partial charge in [0, 0.05) is 36.8 Å². The first-order valence-electron chi connectivity index (χ1n) is 9.94. The van der Waals surface area contributed by atoms with Crippen LogP contribution in [0.5, 0.6) is 0 Å². The third-order valence-corrected chi connectivity index (χ3v) is 5.74. The molecule has 2 aliphatic heterocycles. The molecule has 9 heteroatoms. The van der Waals surface area contributed by atoms with Crippen molar-refractivity contribution in [1.29, 1.82) is 0 Å². The van der Waals surface area contributed by atoms with Gasteiger partial charge in [0.1, 0.15) is 0 Å². The van der Waals surface area contributed by atoms with Crippen LogP contribution in [0.1, 0.15) is 30.9 Å². The highest BCUT2D eigenvalue weighted by Gasteiger charge is 2.53. The molecule has 1 amide bonds. The minimum absolute atomic E-state index is 0.160. The van der Waals surface area contributed by atoms with E-state index in [0.29, 0.717) is 24.3 Å². The number of carbonyl (C=O) groups excluding carboxylic acids is 1. The van der Waals surface area contributed by atoms with E-state index in [1.54, 1.807) is 12.1 Å². The zero-order valence-corrected chi connectivity index (χ0v) is 17.0. The fourth-order valence-electron chi connectivity index (χ4n) is 4.27. The van der Waals surface area contributed by atoms with Gasteiger partial charge in [0.05, 0.1) is 12.3 Å². The highest BCUT2D eigenvalue weighted by atomic mass is 16.4. The third-order valence-electron chi connectivity index (χ3n) is 5.74. The van der Waals surface area contributed by atoms with Gasteiger partial charge in [-0.3, -0.25) is 19.3 Å². The number of hydrogen-bond acceptors (Lipinski definition) is 6. The Bertz CT molecular complexity index is 899. The van der Waals surface area contributed by atoms with Crippen molar-refractivity contribution in [3.8, 4) is 0 Å². The monoisotopic (exact) mass is 417 g/mol. The number of amides is 1. The van der Waals surface area contributed by atoms with Crippen LogP contribution in [0.25, 0.3) is 5.57 Å². The van der Waals surface area contributed by atoms with Crippen molar-refractivity contribution in [2.45, 2.75) is 31.4 Å². The molecular formula is C21H27N3O6. The number of hydrogen-bond donors (Lipinski definition) is 5. The molecule has 30 heavy (non-hydrogen) atoms.